The Balaban J connectivity index is 1.66. The number of alkyl carbamates (subject to hydrolysis) is 1. The summed E-state index contributed by atoms with van der Waals surface area (Å²) in [7, 11) is 0. The molecule has 2 aromatic rings. The highest BCUT2D eigenvalue weighted by molar-refractivity contribution is 5.89. The van der Waals surface area contributed by atoms with Crippen LogP contribution in [0.2, 0.25) is 0 Å². The number of primary amides is 1. The van der Waals surface area contributed by atoms with Crippen LogP contribution in [0.5, 0.6) is 0 Å². The van der Waals surface area contributed by atoms with E-state index in [0.717, 1.165) is 22.3 Å². The van der Waals surface area contributed by atoms with Gasteiger partial charge in [-0.05, 0) is 41.6 Å². The van der Waals surface area contributed by atoms with E-state index in [1.807, 2.05) is 48.5 Å². The highest BCUT2D eigenvalue weighted by Gasteiger charge is 2.30. The van der Waals surface area contributed by atoms with Gasteiger partial charge in [0, 0.05) is 5.92 Å². The van der Waals surface area contributed by atoms with Crippen molar-refractivity contribution in [2.75, 3.05) is 13.2 Å². The predicted octanol–water partition coefficient (Wildman–Crippen LogP) is 2.25. The normalized spacial score (nSPS) is 13.1. The van der Waals surface area contributed by atoms with Crippen molar-refractivity contribution in [3.05, 3.63) is 59.7 Å². The van der Waals surface area contributed by atoms with Gasteiger partial charge in [0.05, 0.1) is 0 Å². The lowest BCUT2D eigenvalue weighted by atomic mass is 9.98. The van der Waals surface area contributed by atoms with Crippen LogP contribution < -0.4 is 16.8 Å². The molecule has 0 fully saturated rings. The number of benzene rings is 2. The van der Waals surface area contributed by atoms with Crippen LogP contribution in [0.4, 0.5) is 9.59 Å². The molecule has 152 valence electrons. The molecule has 0 saturated carbocycles. The second kappa shape index (κ2) is 9.20. The van der Waals surface area contributed by atoms with Gasteiger partial charge in [-0.25, -0.2) is 14.4 Å². The first-order chi connectivity index (χ1) is 14.0. The summed E-state index contributed by atoms with van der Waals surface area (Å²) in [6, 6.07) is 14.9. The number of ether oxygens (including phenoxy) is 2. The first-order valence-electron chi connectivity index (χ1n) is 9.34. The Labute approximate surface area is 168 Å². The predicted molar refractivity (Wildman–Crippen MR) is 106 cm³/mol. The lowest BCUT2D eigenvalue weighted by Gasteiger charge is -2.18. The topological polar surface area (TPSA) is 134 Å². The molecule has 0 saturated heterocycles. The van der Waals surface area contributed by atoms with Crippen molar-refractivity contribution in [2.24, 2.45) is 11.5 Å². The van der Waals surface area contributed by atoms with Gasteiger partial charge < -0.3 is 26.3 Å². The molecule has 0 unspecified atom stereocenters. The zero-order valence-electron chi connectivity index (χ0n) is 15.8. The molecule has 3 rings (SSSR count). The zero-order chi connectivity index (χ0) is 20.8. The molecule has 2 amide bonds. The summed E-state index contributed by atoms with van der Waals surface area (Å²) in [5.41, 5.74) is 14.7. The van der Waals surface area contributed by atoms with E-state index in [0.29, 0.717) is 13.0 Å². The number of hydrogen-bond donors (Lipinski definition) is 3. The van der Waals surface area contributed by atoms with Crippen LogP contribution in [0.1, 0.15) is 29.9 Å². The second-order valence-corrected chi connectivity index (χ2v) is 6.69. The molecular weight excluding hydrogens is 374 g/mol. The van der Waals surface area contributed by atoms with Crippen LogP contribution in [0.15, 0.2) is 48.5 Å². The largest absolute Gasteiger partial charge is 0.449 e. The number of carbonyl (C=O) groups excluding carboxylic acids is 3. The van der Waals surface area contributed by atoms with E-state index in [2.05, 4.69) is 10.1 Å². The van der Waals surface area contributed by atoms with Crippen molar-refractivity contribution in [3.8, 4) is 11.1 Å². The van der Waals surface area contributed by atoms with Crippen molar-refractivity contribution in [1.29, 1.82) is 0 Å². The van der Waals surface area contributed by atoms with Crippen LogP contribution in [0.3, 0.4) is 0 Å². The van der Waals surface area contributed by atoms with E-state index in [-0.39, 0.29) is 18.9 Å². The van der Waals surface area contributed by atoms with Crippen molar-refractivity contribution >= 4 is 18.2 Å². The molecule has 0 aliphatic heterocycles. The first kappa shape index (κ1) is 20.3. The summed E-state index contributed by atoms with van der Waals surface area (Å²) in [6.07, 6.45) is -1.37. The number of fused-ring (bicyclic) bond motifs is 3. The fourth-order valence-electron chi connectivity index (χ4n) is 3.52. The number of rotatable bonds is 7. The fourth-order valence-corrected chi connectivity index (χ4v) is 3.52. The third kappa shape index (κ3) is 4.72. The number of esters is 1. The molecule has 29 heavy (non-hydrogen) atoms. The summed E-state index contributed by atoms with van der Waals surface area (Å²) >= 11 is 0. The Hall–Kier alpha value is -3.39. The highest BCUT2D eigenvalue weighted by atomic mass is 16.6. The standard InChI is InChI=1S/C21H23N3O5/c22-11-5-10-18(19(25)29-20(23)26)24-21(27)28-12-17-15-8-3-1-6-13(15)14-7-2-4-9-16(14)17/h1-4,6-9,17-18H,5,10-12,22H2,(H2,23,26)(H,24,27)/t18-/m0/s1. The third-order valence-electron chi connectivity index (χ3n) is 4.82. The highest BCUT2D eigenvalue weighted by Crippen LogP contribution is 2.44. The van der Waals surface area contributed by atoms with E-state index in [4.69, 9.17) is 16.2 Å². The van der Waals surface area contributed by atoms with Gasteiger partial charge in [0.2, 0.25) is 0 Å². The summed E-state index contributed by atoms with van der Waals surface area (Å²) in [5.74, 6) is -1.05. The van der Waals surface area contributed by atoms with E-state index in [1.165, 1.54) is 0 Å². The summed E-state index contributed by atoms with van der Waals surface area (Å²) in [5, 5.41) is 2.43. The molecule has 0 radical (unpaired) electrons. The van der Waals surface area contributed by atoms with Crippen LogP contribution in [-0.2, 0) is 14.3 Å². The second-order valence-electron chi connectivity index (χ2n) is 6.69. The monoisotopic (exact) mass is 397 g/mol. The van der Waals surface area contributed by atoms with Gasteiger partial charge in [0.15, 0.2) is 0 Å². The minimum Gasteiger partial charge on any atom is -0.449 e. The molecule has 8 nitrogen and oxygen atoms in total. The average molecular weight is 397 g/mol. The van der Waals surface area contributed by atoms with Gasteiger partial charge >= 0.3 is 18.2 Å². The Bertz CT molecular complexity index is 869. The average Bonchev–Trinajstić information content (AvgIpc) is 3.03. The Morgan fingerprint density at radius 3 is 2.14 bits per heavy atom. The maximum atomic E-state index is 12.3. The van der Waals surface area contributed by atoms with Gasteiger partial charge in [-0.1, -0.05) is 48.5 Å². The Morgan fingerprint density at radius 2 is 1.59 bits per heavy atom. The van der Waals surface area contributed by atoms with E-state index >= 15 is 0 Å². The number of carbonyl (C=O) groups is 3. The van der Waals surface area contributed by atoms with Crippen LogP contribution in [-0.4, -0.2) is 37.3 Å². The van der Waals surface area contributed by atoms with Crippen LogP contribution in [0, 0.1) is 0 Å². The van der Waals surface area contributed by atoms with Crippen LogP contribution >= 0.6 is 0 Å². The quantitative estimate of drug-likeness (QED) is 0.485. The van der Waals surface area contributed by atoms with E-state index < -0.39 is 24.2 Å². The van der Waals surface area contributed by atoms with E-state index in [1.54, 1.807) is 0 Å². The van der Waals surface area contributed by atoms with Crippen molar-refractivity contribution < 1.29 is 23.9 Å². The molecular formula is C21H23N3O5. The molecule has 1 atom stereocenters. The van der Waals surface area contributed by atoms with E-state index in [9.17, 15) is 14.4 Å². The molecule has 0 heterocycles. The Morgan fingerprint density at radius 1 is 1.00 bits per heavy atom. The Kier molecular flexibility index (Phi) is 6.46. The van der Waals surface area contributed by atoms with Crippen molar-refractivity contribution in [3.63, 3.8) is 0 Å². The minimum absolute atomic E-state index is 0.104. The SMILES string of the molecule is NCCC[C@H](NC(=O)OCC1c2ccccc2-c2ccccc21)C(=O)OC(N)=O. The lowest BCUT2D eigenvalue weighted by Crippen LogP contribution is -2.43. The fraction of sp³-hybridized carbons (Fsp3) is 0.286. The summed E-state index contributed by atoms with van der Waals surface area (Å²) in [6.45, 7) is 0.418. The van der Waals surface area contributed by atoms with Crippen LogP contribution in [0.25, 0.3) is 11.1 Å². The van der Waals surface area contributed by atoms with Gasteiger partial charge in [-0.3, -0.25) is 0 Å². The lowest BCUT2D eigenvalue weighted by molar-refractivity contribution is -0.139. The number of nitrogens with one attached hydrogen (secondary N) is 1. The van der Waals surface area contributed by atoms with Gasteiger partial charge in [0.1, 0.15) is 12.6 Å². The molecule has 0 aromatic heterocycles. The van der Waals surface area contributed by atoms with Gasteiger partial charge in [-0.15, -0.1) is 0 Å². The third-order valence-corrected chi connectivity index (χ3v) is 4.82. The molecule has 0 bridgehead atoms. The zero-order valence-corrected chi connectivity index (χ0v) is 15.8. The molecule has 2 aromatic carbocycles. The number of hydrogen-bond acceptors (Lipinski definition) is 6. The minimum atomic E-state index is -1.23. The molecule has 1 aliphatic rings. The van der Waals surface area contributed by atoms with Crippen molar-refractivity contribution in [1.82, 2.24) is 5.32 Å². The molecule has 8 heteroatoms. The molecule has 0 spiro atoms. The first-order valence-corrected chi connectivity index (χ1v) is 9.34. The summed E-state index contributed by atoms with van der Waals surface area (Å²) < 4.78 is 9.77. The summed E-state index contributed by atoms with van der Waals surface area (Å²) in [4.78, 5) is 35.1. The number of amides is 2. The molecule has 1 aliphatic carbocycles. The maximum absolute atomic E-state index is 12.3. The molecule has 5 N–H and O–H groups in total. The van der Waals surface area contributed by atoms with Gasteiger partial charge in [0.25, 0.3) is 0 Å². The maximum Gasteiger partial charge on any atom is 0.412 e. The van der Waals surface area contributed by atoms with Crippen molar-refractivity contribution in [2.45, 2.75) is 24.8 Å². The van der Waals surface area contributed by atoms with Gasteiger partial charge in [-0.2, -0.15) is 0 Å². The number of nitrogens with two attached hydrogens (primary N) is 2. The smallest absolute Gasteiger partial charge is 0.412 e.